The van der Waals surface area contributed by atoms with Gasteiger partial charge in [0.05, 0.1) is 0 Å². The first-order valence-corrected chi connectivity index (χ1v) is 8.50. The molecule has 6 nitrogen and oxygen atoms in total. The maximum absolute atomic E-state index is 11.8. The SMILES string of the molecule is Cc1cncnc1N1CC2CN(Cc3cccc(=O)n3C)CC2C1. The minimum Gasteiger partial charge on any atom is -0.356 e. The molecule has 2 unspecified atom stereocenters. The van der Waals surface area contributed by atoms with Crippen molar-refractivity contribution in [1.82, 2.24) is 19.4 Å². The van der Waals surface area contributed by atoms with Crippen LogP contribution in [-0.4, -0.2) is 45.6 Å². The van der Waals surface area contributed by atoms with Crippen LogP contribution in [0.2, 0.25) is 0 Å². The molecule has 2 aromatic rings. The van der Waals surface area contributed by atoms with E-state index in [-0.39, 0.29) is 5.56 Å². The molecule has 2 saturated heterocycles. The molecule has 0 spiro atoms. The molecule has 0 radical (unpaired) electrons. The summed E-state index contributed by atoms with van der Waals surface area (Å²) in [5, 5.41) is 0. The number of hydrogen-bond donors (Lipinski definition) is 0. The highest BCUT2D eigenvalue weighted by Gasteiger charge is 2.40. The fourth-order valence-electron chi connectivity index (χ4n) is 4.11. The second kappa shape index (κ2) is 6.02. The third-order valence-corrected chi connectivity index (χ3v) is 5.40. The zero-order valence-corrected chi connectivity index (χ0v) is 14.2. The summed E-state index contributed by atoms with van der Waals surface area (Å²) in [7, 11) is 1.86. The molecule has 0 aliphatic carbocycles. The lowest BCUT2D eigenvalue weighted by molar-refractivity contribution is 0.300. The van der Waals surface area contributed by atoms with E-state index >= 15 is 0 Å². The minimum atomic E-state index is 0.0669. The van der Waals surface area contributed by atoms with Gasteiger partial charge in [0.15, 0.2) is 0 Å². The molecule has 0 N–H and O–H groups in total. The molecule has 2 fully saturated rings. The predicted molar refractivity (Wildman–Crippen MR) is 92.9 cm³/mol. The molecule has 0 bridgehead atoms. The van der Waals surface area contributed by atoms with E-state index in [1.807, 2.05) is 25.4 Å². The molecular weight excluding hydrogens is 302 g/mol. The monoisotopic (exact) mass is 325 g/mol. The average Bonchev–Trinajstić information content (AvgIpc) is 3.10. The number of aromatic nitrogens is 3. The topological polar surface area (TPSA) is 54.3 Å². The summed E-state index contributed by atoms with van der Waals surface area (Å²) in [5.41, 5.74) is 2.30. The highest BCUT2D eigenvalue weighted by atomic mass is 16.1. The molecule has 4 rings (SSSR count). The van der Waals surface area contributed by atoms with Crippen molar-refractivity contribution in [3.05, 3.63) is 52.3 Å². The van der Waals surface area contributed by atoms with E-state index in [2.05, 4.69) is 26.7 Å². The second-order valence-electron chi connectivity index (χ2n) is 7.06. The number of aryl methyl sites for hydroxylation is 1. The van der Waals surface area contributed by atoms with Gasteiger partial charge >= 0.3 is 0 Å². The maximum Gasteiger partial charge on any atom is 0.250 e. The van der Waals surface area contributed by atoms with Gasteiger partial charge in [-0.1, -0.05) is 6.07 Å². The van der Waals surface area contributed by atoms with Crippen molar-refractivity contribution in [3.63, 3.8) is 0 Å². The summed E-state index contributed by atoms with van der Waals surface area (Å²) in [5.74, 6) is 2.44. The zero-order valence-electron chi connectivity index (χ0n) is 14.2. The van der Waals surface area contributed by atoms with Gasteiger partial charge in [-0.2, -0.15) is 0 Å². The minimum absolute atomic E-state index is 0.0669. The number of pyridine rings is 1. The number of nitrogens with zero attached hydrogens (tertiary/aromatic N) is 5. The zero-order chi connectivity index (χ0) is 16.7. The van der Waals surface area contributed by atoms with Crippen molar-refractivity contribution in [2.24, 2.45) is 18.9 Å². The van der Waals surface area contributed by atoms with Gasteiger partial charge in [-0.15, -0.1) is 0 Å². The molecule has 2 aromatic heterocycles. The molecule has 24 heavy (non-hydrogen) atoms. The molecule has 2 atom stereocenters. The van der Waals surface area contributed by atoms with Crippen LogP contribution >= 0.6 is 0 Å². The molecule has 0 aromatic carbocycles. The Hall–Kier alpha value is -2.21. The predicted octanol–water partition coefficient (Wildman–Crippen LogP) is 1.05. The lowest BCUT2D eigenvalue weighted by Gasteiger charge is -2.23. The van der Waals surface area contributed by atoms with Crippen LogP contribution in [0.15, 0.2) is 35.5 Å². The van der Waals surface area contributed by atoms with E-state index in [0.29, 0.717) is 11.8 Å². The average molecular weight is 325 g/mol. The van der Waals surface area contributed by atoms with Crippen molar-refractivity contribution in [2.45, 2.75) is 13.5 Å². The Kier molecular flexibility index (Phi) is 3.84. The summed E-state index contributed by atoms with van der Waals surface area (Å²) in [6.45, 7) is 7.24. The first-order chi connectivity index (χ1) is 11.6. The molecule has 6 heteroatoms. The Morgan fingerprint density at radius 2 is 1.92 bits per heavy atom. The van der Waals surface area contributed by atoms with E-state index in [0.717, 1.165) is 49.8 Å². The van der Waals surface area contributed by atoms with E-state index < -0.39 is 0 Å². The van der Waals surface area contributed by atoms with Crippen LogP contribution in [0, 0.1) is 18.8 Å². The molecule has 4 heterocycles. The van der Waals surface area contributed by atoms with Crippen LogP contribution in [0.3, 0.4) is 0 Å². The van der Waals surface area contributed by atoms with Crippen LogP contribution in [0.25, 0.3) is 0 Å². The van der Waals surface area contributed by atoms with Crippen molar-refractivity contribution < 1.29 is 0 Å². The summed E-state index contributed by atoms with van der Waals surface area (Å²) >= 11 is 0. The molecule has 2 aliphatic rings. The number of likely N-dealkylation sites (tertiary alicyclic amines) is 1. The van der Waals surface area contributed by atoms with Gasteiger partial charge in [-0.3, -0.25) is 9.69 Å². The van der Waals surface area contributed by atoms with Crippen molar-refractivity contribution in [2.75, 3.05) is 31.1 Å². The first kappa shape index (κ1) is 15.3. The second-order valence-corrected chi connectivity index (χ2v) is 7.06. The van der Waals surface area contributed by atoms with Gasteiger partial charge in [0.1, 0.15) is 12.1 Å². The highest BCUT2D eigenvalue weighted by Crippen LogP contribution is 2.34. The van der Waals surface area contributed by atoms with Gasteiger partial charge in [-0.25, -0.2) is 9.97 Å². The van der Waals surface area contributed by atoms with Crippen LogP contribution in [-0.2, 0) is 13.6 Å². The van der Waals surface area contributed by atoms with Crippen LogP contribution in [0.1, 0.15) is 11.3 Å². The third-order valence-electron chi connectivity index (χ3n) is 5.40. The summed E-state index contributed by atoms with van der Waals surface area (Å²) in [4.78, 5) is 25.2. The Morgan fingerprint density at radius 1 is 1.17 bits per heavy atom. The van der Waals surface area contributed by atoms with E-state index in [1.54, 1.807) is 17.0 Å². The summed E-state index contributed by atoms with van der Waals surface area (Å²) in [6.07, 6.45) is 3.53. The normalized spacial score (nSPS) is 23.7. The fourth-order valence-corrected chi connectivity index (χ4v) is 4.11. The van der Waals surface area contributed by atoms with Gasteiger partial charge in [0.25, 0.3) is 0 Å². The van der Waals surface area contributed by atoms with Crippen LogP contribution < -0.4 is 10.5 Å². The molecule has 126 valence electrons. The van der Waals surface area contributed by atoms with Gasteiger partial charge in [0, 0.05) is 63.3 Å². The lowest BCUT2D eigenvalue weighted by atomic mass is 10.0. The summed E-state index contributed by atoms with van der Waals surface area (Å²) in [6, 6.07) is 5.52. The van der Waals surface area contributed by atoms with Gasteiger partial charge in [0.2, 0.25) is 5.56 Å². The number of fused-ring (bicyclic) bond motifs is 1. The van der Waals surface area contributed by atoms with Gasteiger partial charge in [-0.05, 0) is 24.8 Å². The van der Waals surface area contributed by atoms with Gasteiger partial charge < -0.3 is 9.47 Å². The lowest BCUT2D eigenvalue weighted by Crippen LogP contribution is -2.31. The quantitative estimate of drug-likeness (QED) is 0.844. The Balaban J connectivity index is 1.42. The molecular formula is C18H23N5O. The maximum atomic E-state index is 11.8. The van der Waals surface area contributed by atoms with Crippen LogP contribution in [0.4, 0.5) is 5.82 Å². The number of anilines is 1. The molecule has 2 aliphatic heterocycles. The summed E-state index contributed by atoms with van der Waals surface area (Å²) < 4.78 is 1.75. The number of hydrogen-bond acceptors (Lipinski definition) is 5. The Labute approximate surface area is 141 Å². The fraction of sp³-hybridized carbons (Fsp3) is 0.500. The van der Waals surface area contributed by atoms with Crippen LogP contribution in [0.5, 0.6) is 0 Å². The standard InChI is InChI=1S/C18H23N5O/c1-13-6-19-12-20-18(13)23-9-14-7-22(8-15(14)10-23)11-16-4-3-5-17(24)21(16)2/h3-6,12,14-15H,7-11H2,1-2H3. The van der Waals surface area contributed by atoms with E-state index in [1.165, 1.54) is 0 Å². The van der Waals surface area contributed by atoms with E-state index in [9.17, 15) is 4.79 Å². The Morgan fingerprint density at radius 3 is 2.62 bits per heavy atom. The van der Waals surface area contributed by atoms with E-state index in [4.69, 9.17) is 0 Å². The largest absolute Gasteiger partial charge is 0.356 e. The smallest absolute Gasteiger partial charge is 0.250 e. The first-order valence-electron chi connectivity index (χ1n) is 8.50. The van der Waals surface area contributed by atoms with Crippen molar-refractivity contribution >= 4 is 5.82 Å². The Bertz CT molecular complexity index is 788. The molecule has 0 amide bonds. The van der Waals surface area contributed by atoms with Crippen molar-refractivity contribution in [1.29, 1.82) is 0 Å². The third kappa shape index (κ3) is 2.71. The number of rotatable bonds is 3. The molecule has 0 saturated carbocycles. The highest BCUT2D eigenvalue weighted by molar-refractivity contribution is 5.46. The van der Waals surface area contributed by atoms with Crippen molar-refractivity contribution in [3.8, 4) is 0 Å².